The summed E-state index contributed by atoms with van der Waals surface area (Å²) in [6, 6.07) is 12.8. The lowest BCUT2D eigenvalue weighted by atomic mass is 10.0. The standard InChI is InChI=1S/C20H18N2O4/c23-20-17-10-15(24-12-14-5-8-21-9-6-14)3-4-18(17)25-13-19(20)26-16-2-1-7-22-11-16/h1-11,19-20,23H,12-13H2/t19-,20+/m0/s1. The van der Waals surface area contributed by atoms with E-state index in [4.69, 9.17) is 14.2 Å². The molecule has 1 aliphatic heterocycles. The minimum Gasteiger partial charge on any atom is -0.489 e. The zero-order chi connectivity index (χ0) is 17.8. The van der Waals surface area contributed by atoms with Gasteiger partial charge >= 0.3 is 0 Å². The van der Waals surface area contributed by atoms with E-state index in [1.807, 2.05) is 18.2 Å². The molecule has 6 nitrogen and oxygen atoms in total. The summed E-state index contributed by atoms with van der Waals surface area (Å²) in [5.41, 5.74) is 1.67. The molecule has 2 atom stereocenters. The van der Waals surface area contributed by atoms with Crippen LogP contribution in [0.25, 0.3) is 0 Å². The number of rotatable bonds is 5. The first-order valence-corrected chi connectivity index (χ1v) is 8.33. The van der Waals surface area contributed by atoms with Crippen molar-refractivity contribution in [3.63, 3.8) is 0 Å². The highest BCUT2D eigenvalue weighted by Crippen LogP contribution is 2.36. The van der Waals surface area contributed by atoms with E-state index in [1.54, 1.807) is 49.1 Å². The van der Waals surface area contributed by atoms with Gasteiger partial charge in [-0.25, -0.2) is 0 Å². The number of hydrogen-bond donors (Lipinski definition) is 1. The highest BCUT2D eigenvalue weighted by molar-refractivity contribution is 5.43. The predicted molar refractivity (Wildman–Crippen MR) is 94.1 cm³/mol. The van der Waals surface area contributed by atoms with Crippen molar-refractivity contribution in [2.75, 3.05) is 6.61 Å². The Labute approximate surface area is 151 Å². The van der Waals surface area contributed by atoms with Gasteiger partial charge in [0.25, 0.3) is 0 Å². The van der Waals surface area contributed by atoms with Crippen LogP contribution in [0.4, 0.5) is 0 Å². The molecule has 3 aromatic rings. The third-order valence-electron chi connectivity index (χ3n) is 4.13. The number of nitrogens with zero attached hydrogens (tertiary/aromatic N) is 2. The Bertz CT molecular complexity index is 858. The van der Waals surface area contributed by atoms with Gasteiger partial charge in [-0.3, -0.25) is 9.97 Å². The van der Waals surface area contributed by atoms with E-state index in [2.05, 4.69) is 9.97 Å². The Morgan fingerprint density at radius 2 is 1.92 bits per heavy atom. The molecule has 132 valence electrons. The van der Waals surface area contributed by atoms with Gasteiger partial charge in [-0.05, 0) is 48.0 Å². The second kappa shape index (κ2) is 7.41. The number of fused-ring (bicyclic) bond motifs is 1. The van der Waals surface area contributed by atoms with Crippen LogP contribution in [0, 0.1) is 0 Å². The van der Waals surface area contributed by atoms with Crippen LogP contribution in [0.15, 0.2) is 67.3 Å². The Morgan fingerprint density at radius 1 is 1.04 bits per heavy atom. The molecule has 0 aliphatic carbocycles. The molecule has 1 aliphatic rings. The van der Waals surface area contributed by atoms with Crippen LogP contribution < -0.4 is 14.2 Å². The maximum atomic E-state index is 10.7. The van der Waals surface area contributed by atoms with Crippen LogP contribution in [0.2, 0.25) is 0 Å². The summed E-state index contributed by atoms with van der Waals surface area (Å²) in [6.07, 6.45) is 5.40. The maximum absolute atomic E-state index is 10.7. The summed E-state index contributed by atoms with van der Waals surface area (Å²) in [5, 5.41) is 10.7. The summed E-state index contributed by atoms with van der Waals surface area (Å²) in [6.45, 7) is 0.689. The van der Waals surface area contributed by atoms with Gasteiger partial charge in [-0.15, -0.1) is 0 Å². The zero-order valence-corrected chi connectivity index (χ0v) is 14.0. The van der Waals surface area contributed by atoms with Crippen molar-refractivity contribution in [3.05, 3.63) is 78.4 Å². The van der Waals surface area contributed by atoms with Crippen molar-refractivity contribution in [2.24, 2.45) is 0 Å². The Hall–Kier alpha value is -3.12. The van der Waals surface area contributed by atoms with Gasteiger partial charge in [0.2, 0.25) is 0 Å². The van der Waals surface area contributed by atoms with Crippen molar-refractivity contribution in [3.8, 4) is 17.2 Å². The Morgan fingerprint density at radius 3 is 2.73 bits per heavy atom. The molecule has 0 amide bonds. The van der Waals surface area contributed by atoms with E-state index in [0.717, 1.165) is 5.56 Å². The van der Waals surface area contributed by atoms with Crippen molar-refractivity contribution >= 4 is 0 Å². The van der Waals surface area contributed by atoms with Crippen molar-refractivity contribution in [1.82, 2.24) is 9.97 Å². The summed E-state index contributed by atoms with van der Waals surface area (Å²) < 4.78 is 17.4. The van der Waals surface area contributed by atoms with Crippen LogP contribution in [-0.2, 0) is 6.61 Å². The molecule has 1 aromatic carbocycles. The van der Waals surface area contributed by atoms with E-state index in [0.29, 0.717) is 29.4 Å². The molecule has 3 heterocycles. The fourth-order valence-corrected chi connectivity index (χ4v) is 2.78. The van der Waals surface area contributed by atoms with Crippen molar-refractivity contribution < 1.29 is 19.3 Å². The van der Waals surface area contributed by atoms with Gasteiger partial charge in [0.15, 0.2) is 6.10 Å². The zero-order valence-electron chi connectivity index (χ0n) is 14.0. The molecule has 4 rings (SSSR count). The lowest BCUT2D eigenvalue weighted by molar-refractivity contribution is -0.0106. The summed E-state index contributed by atoms with van der Waals surface area (Å²) >= 11 is 0. The number of aliphatic hydroxyl groups is 1. The number of hydrogen-bond acceptors (Lipinski definition) is 6. The van der Waals surface area contributed by atoms with E-state index >= 15 is 0 Å². The van der Waals surface area contributed by atoms with Crippen molar-refractivity contribution in [1.29, 1.82) is 0 Å². The Kier molecular flexibility index (Phi) is 4.66. The van der Waals surface area contributed by atoms with Crippen LogP contribution in [0.3, 0.4) is 0 Å². The van der Waals surface area contributed by atoms with Crippen LogP contribution in [0.5, 0.6) is 17.2 Å². The van der Waals surface area contributed by atoms with Gasteiger partial charge in [0, 0.05) is 24.2 Å². The first-order chi connectivity index (χ1) is 12.8. The SMILES string of the molecule is O[C@@H]1c2cc(OCc3ccncc3)ccc2OC[C@@H]1Oc1cccnc1. The molecule has 0 saturated heterocycles. The molecule has 0 saturated carbocycles. The predicted octanol–water partition coefficient (Wildman–Crippen LogP) is 2.93. The smallest absolute Gasteiger partial charge is 0.163 e. The fourth-order valence-electron chi connectivity index (χ4n) is 2.78. The van der Waals surface area contributed by atoms with Gasteiger partial charge < -0.3 is 19.3 Å². The number of aromatic nitrogens is 2. The molecule has 6 heteroatoms. The van der Waals surface area contributed by atoms with Gasteiger partial charge in [-0.2, -0.15) is 0 Å². The summed E-state index contributed by atoms with van der Waals surface area (Å²) in [4.78, 5) is 8.00. The van der Waals surface area contributed by atoms with E-state index in [1.165, 1.54) is 0 Å². The highest BCUT2D eigenvalue weighted by Gasteiger charge is 2.31. The summed E-state index contributed by atoms with van der Waals surface area (Å²) in [7, 11) is 0. The molecule has 0 radical (unpaired) electrons. The normalized spacial score (nSPS) is 18.5. The molecule has 2 aromatic heterocycles. The lowest BCUT2D eigenvalue weighted by Gasteiger charge is -2.30. The third-order valence-corrected chi connectivity index (χ3v) is 4.13. The summed E-state index contributed by atoms with van der Waals surface area (Å²) in [5.74, 6) is 1.89. The fraction of sp³-hybridized carbons (Fsp3) is 0.200. The molecule has 0 unspecified atom stereocenters. The molecule has 0 fully saturated rings. The molecule has 0 bridgehead atoms. The minimum absolute atomic E-state index is 0.264. The first kappa shape index (κ1) is 16.4. The topological polar surface area (TPSA) is 73.7 Å². The van der Waals surface area contributed by atoms with Crippen LogP contribution >= 0.6 is 0 Å². The number of pyridine rings is 2. The van der Waals surface area contributed by atoms with E-state index < -0.39 is 12.2 Å². The average molecular weight is 350 g/mol. The minimum atomic E-state index is -0.816. The first-order valence-electron chi connectivity index (χ1n) is 8.33. The van der Waals surface area contributed by atoms with Gasteiger partial charge in [0.1, 0.15) is 36.6 Å². The van der Waals surface area contributed by atoms with Crippen LogP contribution in [0.1, 0.15) is 17.2 Å². The molecular formula is C20H18N2O4. The largest absolute Gasteiger partial charge is 0.489 e. The van der Waals surface area contributed by atoms with E-state index in [-0.39, 0.29) is 6.61 Å². The quantitative estimate of drug-likeness (QED) is 0.763. The van der Waals surface area contributed by atoms with Gasteiger partial charge in [0.05, 0.1) is 6.20 Å². The third kappa shape index (κ3) is 3.60. The monoisotopic (exact) mass is 350 g/mol. The highest BCUT2D eigenvalue weighted by atomic mass is 16.5. The lowest BCUT2D eigenvalue weighted by Crippen LogP contribution is -2.35. The molecular weight excluding hydrogens is 332 g/mol. The second-order valence-electron chi connectivity index (χ2n) is 5.94. The number of aliphatic hydroxyl groups excluding tert-OH is 1. The number of ether oxygens (including phenoxy) is 3. The maximum Gasteiger partial charge on any atom is 0.163 e. The van der Waals surface area contributed by atoms with Gasteiger partial charge in [-0.1, -0.05) is 0 Å². The molecule has 1 N–H and O–H groups in total. The average Bonchev–Trinajstić information content (AvgIpc) is 2.70. The van der Waals surface area contributed by atoms with E-state index in [9.17, 15) is 5.11 Å². The molecule has 0 spiro atoms. The van der Waals surface area contributed by atoms with Crippen LogP contribution in [-0.4, -0.2) is 27.8 Å². The molecule has 26 heavy (non-hydrogen) atoms. The van der Waals surface area contributed by atoms with Crippen molar-refractivity contribution in [2.45, 2.75) is 18.8 Å². The Balaban J connectivity index is 1.48. The second-order valence-corrected chi connectivity index (χ2v) is 5.94. The number of benzene rings is 1.